The summed E-state index contributed by atoms with van der Waals surface area (Å²) in [6.45, 7) is 1.90. The minimum absolute atomic E-state index is 0.0549. The van der Waals surface area contributed by atoms with Crippen LogP contribution in [0.3, 0.4) is 0 Å². The van der Waals surface area contributed by atoms with Gasteiger partial charge in [0.05, 0.1) is 12.9 Å². The van der Waals surface area contributed by atoms with Gasteiger partial charge in [-0.05, 0) is 12.1 Å². The van der Waals surface area contributed by atoms with Crippen LogP contribution in [0.25, 0.3) is 0 Å². The Bertz CT molecular complexity index is 514. The number of nitrogens with one attached hydrogen (secondary N) is 1. The normalized spacial score (nSPS) is 11.0. The molecule has 0 fully saturated rings. The van der Waals surface area contributed by atoms with E-state index in [-0.39, 0.29) is 17.2 Å². The van der Waals surface area contributed by atoms with Gasteiger partial charge in [0.15, 0.2) is 9.84 Å². The van der Waals surface area contributed by atoms with Gasteiger partial charge in [-0.1, -0.05) is 6.92 Å². The van der Waals surface area contributed by atoms with Gasteiger partial charge < -0.3 is 10.1 Å². The summed E-state index contributed by atoms with van der Waals surface area (Å²) in [5, 5.41) is 2.93. The summed E-state index contributed by atoms with van der Waals surface area (Å²) in [6, 6.07) is 3.18. The molecule has 1 heterocycles. The minimum atomic E-state index is -2.99. The Morgan fingerprint density at radius 1 is 1.50 bits per heavy atom. The zero-order chi connectivity index (χ0) is 13.6. The highest BCUT2D eigenvalue weighted by molar-refractivity contribution is 7.91. The van der Waals surface area contributed by atoms with Crippen LogP contribution in [0, 0.1) is 0 Å². The van der Waals surface area contributed by atoms with E-state index in [0.717, 1.165) is 0 Å². The van der Waals surface area contributed by atoms with Crippen molar-refractivity contribution in [3.8, 4) is 0 Å². The van der Waals surface area contributed by atoms with E-state index in [0.29, 0.717) is 12.2 Å². The summed E-state index contributed by atoms with van der Waals surface area (Å²) >= 11 is 0. The van der Waals surface area contributed by atoms with E-state index in [1.165, 1.54) is 19.4 Å². The summed E-state index contributed by atoms with van der Waals surface area (Å²) in [4.78, 5) is 15.1. The van der Waals surface area contributed by atoms with Crippen molar-refractivity contribution in [2.75, 3.05) is 30.5 Å². The van der Waals surface area contributed by atoms with E-state index in [2.05, 4.69) is 15.0 Å². The molecule has 1 N–H and O–H groups in total. The van der Waals surface area contributed by atoms with E-state index in [9.17, 15) is 13.2 Å². The summed E-state index contributed by atoms with van der Waals surface area (Å²) < 4.78 is 27.1. The molecule has 0 saturated heterocycles. The van der Waals surface area contributed by atoms with Crippen LogP contribution >= 0.6 is 0 Å². The quantitative estimate of drug-likeness (QED) is 0.768. The molecule has 0 spiro atoms. The number of methoxy groups -OCH3 is 1. The van der Waals surface area contributed by atoms with Crippen LogP contribution < -0.4 is 5.32 Å². The first-order chi connectivity index (χ1) is 8.48. The first kappa shape index (κ1) is 14.4. The maximum absolute atomic E-state index is 11.3. The van der Waals surface area contributed by atoms with Gasteiger partial charge in [-0.3, -0.25) is 0 Å². The van der Waals surface area contributed by atoms with E-state index in [1.807, 2.05) is 0 Å². The van der Waals surface area contributed by atoms with Gasteiger partial charge in [0.25, 0.3) is 0 Å². The van der Waals surface area contributed by atoms with Crippen molar-refractivity contribution in [2.24, 2.45) is 0 Å². The molecule has 0 unspecified atom stereocenters. The molecule has 0 saturated carbocycles. The van der Waals surface area contributed by atoms with E-state index < -0.39 is 15.8 Å². The Morgan fingerprint density at radius 2 is 2.22 bits per heavy atom. The van der Waals surface area contributed by atoms with Crippen LogP contribution in [-0.4, -0.2) is 44.5 Å². The number of rotatable bonds is 6. The molecule has 0 atom stereocenters. The topological polar surface area (TPSA) is 85.4 Å². The van der Waals surface area contributed by atoms with Crippen LogP contribution in [0.1, 0.15) is 17.4 Å². The van der Waals surface area contributed by atoms with Crippen molar-refractivity contribution < 1.29 is 17.9 Å². The third kappa shape index (κ3) is 4.33. The maximum Gasteiger partial charge on any atom is 0.356 e. The predicted octanol–water partition coefficient (Wildman–Crippen LogP) is 0.715. The fraction of sp³-hybridized carbons (Fsp3) is 0.455. The van der Waals surface area contributed by atoms with Crippen molar-refractivity contribution in [3.63, 3.8) is 0 Å². The molecular formula is C11H16N2O4S. The van der Waals surface area contributed by atoms with Crippen LogP contribution in [0.15, 0.2) is 18.3 Å². The van der Waals surface area contributed by atoms with Crippen molar-refractivity contribution in [2.45, 2.75) is 6.92 Å². The molecule has 100 valence electrons. The molecule has 1 rings (SSSR count). The molecule has 0 bridgehead atoms. The van der Waals surface area contributed by atoms with Crippen LogP contribution in [0.4, 0.5) is 5.69 Å². The third-order valence-corrected chi connectivity index (χ3v) is 4.04. The molecule has 1 aromatic rings. The molecule has 0 amide bonds. The highest BCUT2D eigenvalue weighted by Crippen LogP contribution is 2.08. The standard InChI is InChI=1S/C11H16N2O4S/c1-3-18(15,16)7-6-12-9-4-5-13-10(8-9)11(14)17-2/h4-5,8H,3,6-7H2,1-2H3,(H,12,13). The van der Waals surface area contributed by atoms with Gasteiger partial charge in [-0.2, -0.15) is 0 Å². The molecule has 18 heavy (non-hydrogen) atoms. The lowest BCUT2D eigenvalue weighted by atomic mass is 10.3. The molecule has 1 aromatic heterocycles. The average molecular weight is 272 g/mol. The molecule has 7 heteroatoms. The highest BCUT2D eigenvalue weighted by atomic mass is 32.2. The molecule has 0 aliphatic heterocycles. The van der Waals surface area contributed by atoms with Crippen LogP contribution in [0.5, 0.6) is 0 Å². The predicted molar refractivity (Wildman–Crippen MR) is 68.4 cm³/mol. The van der Waals surface area contributed by atoms with Crippen molar-refractivity contribution in [3.05, 3.63) is 24.0 Å². The average Bonchev–Trinajstić information content (AvgIpc) is 2.38. The number of sulfone groups is 1. The smallest absolute Gasteiger partial charge is 0.356 e. The Labute approximate surface area is 106 Å². The second-order valence-corrected chi connectivity index (χ2v) is 6.06. The minimum Gasteiger partial charge on any atom is -0.464 e. The fourth-order valence-corrected chi connectivity index (χ4v) is 1.95. The Kier molecular flexibility index (Phi) is 5.08. The number of ether oxygens (including phenoxy) is 1. The fourth-order valence-electron chi connectivity index (χ4n) is 1.25. The second-order valence-electron chi connectivity index (χ2n) is 3.58. The number of carbonyl (C=O) groups is 1. The molecule has 0 aromatic carbocycles. The largest absolute Gasteiger partial charge is 0.464 e. The Balaban J connectivity index is 2.61. The van der Waals surface area contributed by atoms with E-state index in [1.54, 1.807) is 13.0 Å². The first-order valence-electron chi connectivity index (χ1n) is 5.47. The lowest BCUT2D eigenvalue weighted by Crippen LogP contribution is -2.17. The second kappa shape index (κ2) is 6.34. The van der Waals surface area contributed by atoms with Crippen LogP contribution in [0.2, 0.25) is 0 Å². The monoisotopic (exact) mass is 272 g/mol. The number of esters is 1. The molecule has 0 aliphatic carbocycles. The van der Waals surface area contributed by atoms with Crippen LogP contribution in [-0.2, 0) is 14.6 Å². The van der Waals surface area contributed by atoms with Gasteiger partial charge in [0, 0.05) is 24.2 Å². The summed E-state index contributed by atoms with van der Waals surface area (Å²) in [5.74, 6) is -0.350. The van der Waals surface area contributed by atoms with Crippen molar-refractivity contribution in [1.82, 2.24) is 4.98 Å². The summed E-state index contributed by atoms with van der Waals surface area (Å²) in [5.41, 5.74) is 0.817. The number of hydrogen-bond donors (Lipinski definition) is 1. The zero-order valence-corrected chi connectivity index (χ0v) is 11.2. The molecule has 0 aliphatic rings. The molecule has 0 radical (unpaired) electrons. The number of hydrogen-bond acceptors (Lipinski definition) is 6. The van der Waals surface area contributed by atoms with Gasteiger partial charge in [0.2, 0.25) is 0 Å². The number of nitrogens with zero attached hydrogens (tertiary/aromatic N) is 1. The van der Waals surface area contributed by atoms with Gasteiger partial charge in [-0.25, -0.2) is 18.2 Å². The number of pyridine rings is 1. The number of aromatic nitrogens is 1. The lowest BCUT2D eigenvalue weighted by Gasteiger charge is -2.07. The highest BCUT2D eigenvalue weighted by Gasteiger charge is 2.09. The summed E-state index contributed by atoms with van der Waals surface area (Å²) in [6.07, 6.45) is 1.46. The molecule has 6 nitrogen and oxygen atoms in total. The van der Waals surface area contributed by atoms with E-state index >= 15 is 0 Å². The summed E-state index contributed by atoms with van der Waals surface area (Å²) in [7, 11) is -1.71. The Morgan fingerprint density at radius 3 is 2.83 bits per heavy atom. The van der Waals surface area contributed by atoms with Crippen molar-refractivity contribution in [1.29, 1.82) is 0 Å². The van der Waals surface area contributed by atoms with E-state index in [4.69, 9.17) is 0 Å². The van der Waals surface area contributed by atoms with Gasteiger partial charge >= 0.3 is 5.97 Å². The SMILES string of the molecule is CCS(=O)(=O)CCNc1ccnc(C(=O)OC)c1. The lowest BCUT2D eigenvalue weighted by molar-refractivity contribution is 0.0594. The number of anilines is 1. The van der Waals surface area contributed by atoms with Gasteiger partial charge in [0.1, 0.15) is 5.69 Å². The third-order valence-electron chi connectivity index (χ3n) is 2.34. The van der Waals surface area contributed by atoms with Gasteiger partial charge in [-0.15, -0.1) is 0 Å². The maximum atomic E-state index is 11.3. The number of carbonyl (C=O) groups excluding carboxylic acids is 1. The van der Waals surface area contributed by atoms with Crippen molar-refractivity contribution >= 4 is 21.5 Å². The Hall–Kier alpha value is -1.63. The molecular weight excluding hydrogens is 256 g/mol. The zero-order valence-electron chi connectivity index (χ0n) is 10.3. The first-order valence-corrected chi connectivity index (χ1v) is 7.29.